The van der Waals surface area contributed by atoms with Crippen molar-refractivity contribution in [3.8, 4) is 17.2 Å². The van der Waals surface area contributed by atoms with E-state index in [9.17, 15) is 9.59 Å². The van der Waals surface area contributed by atoms with Crippen molar-refractivity contribution >= 4 is 16.9 Å². The van der Waals surface area contributed by atoms with E-state index in [1.165, 1.54) is 0 Å². The molecular formula is C30H27NO6. The smallest absolute Gasteiger partial charge is 0.291 e. The van der Waals surface area contributed by atoms with Crippen LogP contribution in [-0.4, -0.2) is 24.2 Å². The molecular weight excluding hydrogens is 470 g/mol. The van der Waals surface area contributed by atoms with E-state index in [0.29, 0.717) is 40.4 Å². The van der Waals surface area contributed by atoms with Crippen molar-refractivity contribution in [1.29, 1.82) is 0 Å². The Labute approximate surface area is 214 Å². The lowest BCUT2D eigenvalue weighted by molar-refractivity contribution is 0.0714. The van der Waals surface area contributed by atoms with Crippen molar-refractivity contribution in [3.05, 3.63) is 98.9 Å². The molecule has 0 radical (unpaired) electrons. The maximum atomic E-state index is 13.8. The fraction of sp³-hybridized carbons (Fsp3) is 0.267. The third kappa shape index (κ3) is 4.10. The summed E-state index contributed by atoms with van der Waals surface area (Å²) in [5.74, 6) is 1.78. The van der Waals surface area contributed by atoms with Gasteiger partial charge in [-0.25, -0.2) is 0 Å². The molecule has 0 fully saturated rings. The molecule has 0 N–H and O–H groups in total. The number of hydrogen-bond donors (Lipinski definition) is 0. The van der Waals surface area contributed by atoms with Gasteiger partial charge in [0, 0.05) is 6.54 Å². The molecule has 1 amide bonds. The third-order valence-corrected chi connectivity index (χ3v) is 6.85. The highest BCUT2D eigenvalue weighted by Gasteiger charge is 2.43. The Balaban J connectivity index is 1.47. The summed E-state index contributed by atoms with van der Waals surface area (Å²) in [5.41, 5.74) is 3.17. The van der Waals surface area contributed by atoms with Crippen LogP contribution in [0.3, 0.4) is 0 Å². The standard InChI is InChI=1S/C30H27NO6/c1-3-4-12-34-21-7-5-6-20(15-21)27-26-28(32)22-13-18(2)8-10-23(22)37-29(26)30(33)31(27)16-19-9-11-24-25(14-19)36-17-35-24/h5-11,13-15,27H,3-4,12,16-17H2,1-2H3/t27-/m1/s1. The number of unbranched alkanes of at least 4 members (excludes halogenated alkanes) is 1. The Kier molecular flexibility index (Phi) is 5.83. The van der Waals surface area contributed by atoms with Crippen LogP contribution in [0.25, 0.3) is 11.0 Å². The lowest BCUT2D eigenvalue weighted by Crippen LogP contribution is -2.29. The first kappa shape index (κ1) is 23.2. The molecule has 188 valence electrons. The van der Waals surface area contributed by atoms with Crippen molar-refractivity contribution in [1.82, 2.24) is 4.90 Å². The lowest BCUT2D eigenvalue weighted by atomic mass is 9.97. The van der Waals surface area contributed by atoms with Gasteiger partial charge in [0.2, 0.25) is 12.6 Å². The van der Waals surface area contributed by atoms with Crippen molar-refractivity contribution in [2.24, 2.45) is 0 Å². The predicted octanol–water partition coefficient (Wildman–Crippen LogP) is 5.75. The van der Waals surface area contributed by atoms with Crippen LogP contribution in [0.4, 0.5) is 0 Å². The minimum Gasteiger partial charge on any atom is -0.494 e. The van der Waals surface area contributed by atoms with Crippen LogP contribution < -0.4 is 19.6 Å². The monoisotopic (exact) mass is 497 g/mol. The number of hydrogen-bond acceptors (Lipinski definition) is 6. The third-order valence-electron chi connectivity index (χ3n) is 6.85. The lowest BCUT2D eigenvalue weighted by Gasteiger charge is -2.25. The molecule has 0 spiro atoms. The molecule has 1 aromatic heterocycles. The number of carbonyl (C=O) groups is 1. The molecule has 37 heavy (non-hydrogen) atoms. The molecule has 2 aliphatic rings. The average molecular weight is 498 g/mol. The number of amides is 1. The maximum absolute atomic E-state index is 13.8. The summed E-state index contributed by atoms with van der Waals surface area (Å²) in [4.78, 5) is 29.3. The molecule has 7 nitrogen and oxygen atoms in total. The van der Waals surface area contributed by atoms with Crippen molar-refractivity contribution in [2.75, 3.05) is 13.4 Å². The number of aryl methyl sites for hydroxylation is 1. The molecule has 0 aliphatic carbocycles. The van der Waals surface area contributed by atoms with Crippen LogP contribution in [0.15, 0.2) is 69.9 Å². The summed E-state index contributed by atoms with van der Waals surface area (Å²) in [6.07, 6.45) is 1.97. The largest absolute Gasteiger partial charge is 0.494 e. The first-order valence-corrected chi connectivity index (χ1v) is 12.5. The van der Waals surface area contributed by atoms with E-state index in [-0.39, 0.29) is 30.4 Å². The quantitative estimate of drug-likeness (QED) is 0.302. The second-order valence-corrected chi connectivity index (χ2v) is 9.47. The van der Waals surface area contributed by atoms with Gasteiger partial charge < -0.3 is 23.5 Å². The first-order chi connectivity index (χ1) is 18.0. The van der Waals surface area contributed by atoms with Gasteiger partial charge in [0.1, 0.15) is 11.3 Å². The SMILES string of the molecule is CCCCOc1cccc([C@@H]2c3c(oc4ccc(C)cc4c3=O)C(=O)N2Cc2ccc3c(c2)OCO3)c1. The zero-order chi connectivity index (χ0) is 25.5. The van der Waals surface area contributed by atoms with Crippen LogP contribution >= 0.6 is 0 Å². The number of fused-ring (bicyclic) bond motifs is 3. The summed E-state index contributed by atoms with van der Waals surface area (Å²) in [6, 6.07) is 18.0. The van der Waals surface area contributed by atoms with Gasteiger partial charge in [-0.1, -0.05) is 43.2 Å². The maximum Gasteiger partial charge on any atom is 0.291 e. The fourth-order valence-electron chi connectivity index (χ4n) is 4.99. The number of benzene rings is 3. The highest BCUT2D eigenvalue weighted by molar-refractivity contribution is 5.99. The van der Waals surface area contributed by atoms with Gasteiger partial charge in [-0.15, -0.1) is 0 Å². The van der Waals surface area contributed by atoms with Crippen LogP contribution in [-0.2, 0) is 6.54 Å². The van der Waals surface area contributed by atoms with E-state index >= 15 is 0 Å². The predicted molar refractivity (Wildman–Crippen MR) is 138 cm³/mol. The minimum atomic E-state index is -0.621. The number of rotatable bonds is 7. The van der Waals surface area contributed by atoms with Crippen LogP contribution in [0.5, 0.6) is 17.2 Å². The van der Waals surface area contributed by atoms with Crippen LogP contribution in [0, 0.1) is 6.92 Å². The van der Waals surface area contributed by atoms with Gasteiger partial charge >= 0.3 is 0 Å². The average Bonchev–Trinajstić information content (AvgIpc) is 3.48. The molecule has 6 rings (SSSR count). The van der Waals surface area contributed by atoms with Crippen molar-refractivity contribution in [2.45, 2.75) is 39.3 Å². The fourth-order valence-corrected chi connectivity index (χ4v) is 4.99. The van der Waals surface area contributed by atoms with Gasteiger partial charge in [-0.3, -0.25) is 9.59 Å². The van der Waals surface area contributed by atoms with Gasteiger partial charge in [0.05, 0.1) is 23.6 Å². The van der Waals surface area contributed by atoms with E-state index in [0.717, 1.165) is 29.5 Å². The van der Waals surface area contributed by atoms with Gasteiger partial charge in [-0.2, -0.15) is 0 Å². The normalized spacial score (nSPS) is 15.9. The Morgan fingerprint density at radius 3 is 2.73 bits per heavy atom. The van der Waals surface area contributed by atoms with Crippen molar-refractivity contribution in [3.63, 3.8) is 0 Å². The van der Waals surface area contributed by atoms with Crippen molar-refractivity contribution < 1.29 is 23.4 Å². The number of ether oxygens (including phenoxy) is 3. The summed E-state index contributed by atoms with van der Waals surface area (Å²) in [7, 11) is 0. The molecule has 7 heteroatoms. The summed E-state index contributed by atoms with van der Waals surface area (Å²) >= 11 is 0. The molecule has 0 unspecified atom stereocenters. The van der Waals surface area contributed by atoms with Crippen LogP contribution in [0.2, 0.25) is 0 Å². The number of nitrogens with zero attached hydrogens (tertiary/aromatic N) is 1. The summed E-state index contributed by atoms with van der Waals surface area (Å²) in [5, 5.41) is 0.469. The molecule has 4 aromatic rings. The molecule has 3 aromatic carbocycles. The second-order valence-electron chi connectivity index (χ2n) is 9.47. The molecule has 0 saturated heterocycles. The zero-order valence-corrected chi connectivity index (χ0v) is 20.8. The summed E-state index contributed by atoms with van der Waals surface area (Å²) in [6.45, 7) is 5.08. The Hall–Kier alpha value is -4.26. The van der Waals surface area contributed by atoms with E-state index in [1.54, 1.807) is 11.0 Å². The van der Waals surface area contributed by atoms with Gasteiger partial charge in [0.25, 0.3) is 5.91 Å². The Morgan fingerprint density at radius 2 is 1.86 bits per heavy atom. The molecule has 3 heterocycles. The highest BCUT2D eigenvalue weighted by Crippen LogP contribution is 2.41. The van der Waals surface area contributed by atoms with E-state index < -0.39 is 6.04 Å². The van der Waals surface area contributed by atoms with E-state index in [2.05, 4.69) is 6.92 Å². The Bertz CT molecular complexity index is 1570. The first-order valence-electron chi connectivity index (χ1n) is 12.5. The topological polar surface area (TPSA) is 78.2 Å². The minimum absolute atomic E-state index is 0.0874. The summed E-state index contributed by atoms with van der Waals surface area (Å²) < 4.78 is 23.0. The van der Waals surface area contributed by atoms with Gasteiger partial charge in [0.15, 0.2) is 16.9 Å². The number of carbonyl (C=O) groups excluding carboxylic acids is 1. The van der Waals surface area contributed by atoms with Crippen LogP contribution in [0.1, 0.15) is 58.6 Å². The molecule has 2 aliphatic heterocycles. The zero-order valence-electron chi connectivity index (χ0n) is 20.8. The Morgan fingerprint density at radius 1 is 1.00 bits per heavy atom. The molecule has 0 bridgehead atoms. The van der Waals surface area contributed by atoms with Gasteiger partial charge in [-0.05, 0) is 60.9 Å². The highest BCUT2D eigenvalue weighted by atomic mass is 16.7. The molecule has 0 saturated carbocycles. The van der Waals surface area contributed by atoms with E-state index in [4.69, 9.17) is 18.6 Å². The second kappa shape index (κ2) is 9.32. The van der Waals surface area contributed by atoms with E-state index in [1.807, 2.05) is 61.5 Å². The molecule has 1 atom stereocenters.